The van der Waals surface area contributed by atoms with Gasteiger partial charge in [0.1, 0.15) is 5.82 Å². The Labute approximate surface area is 121 Å². The maximum atomic E-state index is 13.6. The molecule has 0 aliphatic carbocycles. The van der Waals surface area contributed by atoms with Gasteiger partial charge >= 0.3 is 0 Å². The minimum atomic E-state index is -0.158. The summed E-state index contributed by atoms with van der Waals surface area (Å²) in [7, 11) is 0. The van der Waals surface area contributed by atoms with E-state index in [2.05, 4.69) is 0 Å². The van der Waals surface area contributed by atoms with Gasteiger partial charge in [-0.1, -0.05) is 18.2 Å². The van der Waals surface area contributed by atoms with Crippen molar-refractivity contribution < 1.29 is 13.9 Å². The van der Waals surface area contributed by atoms with Crippen LogP contribution in [0.4, 0.5) is 4.39 Å². The molecule has 0 aromatic heterocycles. The fraction of sp³-hybridized carbons (Fsp3) is 0.250. The SMILES string of the molecule is Fc1ccccc1CSc1ccc2c(c1)OCCCO2. The third-order valence-electron chi connectivity index (χ3n) is 3.07. The van der Waals surface area contributed by atoms with E-state index in [1.165, 1.54) is 6.07 Å². The Morgan fingerprint density at radius 2 is 1.80 bits per heavy atom. The average Bonchev–Trinajstić information content (AvgIpc) is 2.71. The number of benzene rings is 2. The van der Waals surface area contributed by atoms with Gasteiger partial charge in [-0.2, -0.15) is 0 Å². The average molecular weight is 290 g/mol. The Balaban J connectivity index is 1.72. The van der Waals surface area contributed by atoms with Crippen LogP contribution in [0.1, 0.15) is 12.0 Å². The fourth-order valence-corrected chi connectivity index (χ4v) is 2.92. The molecule has 0 spiro atoms. The topological polar surface area (TPSA) is 18.5 Å². The lowest BCUT2D eigenvalue weighted by molar-refractivity contribution is 0.297. The third-order valence-corrected chi connectivity index (χ3v) is 4.11. The molecule has 2 aromatic carbocycles. The van der Waals surface area contributed by atoms with Crippen LogP contribution in [-0.2, 0) is 5.75 Å². The first-order valence-corrected chi connectivity index (χ1v) is 7.57. The maximum absolute atomic E-state index is 13.6. The Morgan fingerprint density at radius 3 is 2.65 bits per heavy atom. The van der Waals surface area contributed by atoms with E-state index in [0.29, 0.717) is 24.5 Å². The highest BCUT2D eigenvalue weighted by atomic mass is 32.2. The molecule has 0 radical (unpaired) electrons. The van der Waals surface area contributed by atoms with E-state index >= 15 is 0 Å². The van der Waals surface area contributed by atoms with E-state index in [0.717, 1.165) is 22.8 Å². The Kier molecular flexibility index (Phi) is 4.11. The second-order valence-electron chi connectivity index (χ2n) is 4.54. The van der Waals surface area contributed by atoms with Gasteiger partial charge in [0.25, 0.3) is 0 Å². The first kappa shape index (κ1) is 13.3. The van der Waals surface area contributed by atoms with Crippen LogP contribution in [0, 0.1) is 5.82 Å². The van der Waals surface area contributed by atoms with Crippen LogP contribution < -0.4 is 9.47 Å². The molecule has 3 rings (SSSR count). The van der Waals surface area contributed by atoms with E-state index in [-0.39, 0.29) is 5.82 Å². The first-order valence-electron chi connectivity index (χ1n) is 6.59. The fourth-order valence-electron chi connectivity index (χ4n) is 2.01. The minimum Gasteiger partial charge on any atom is -0.490 e. The van der Waals surface area contributed by atoms with Crippen molar-refractivity contribution in [2.45, 2.75) is 17.1 Å². The summed E-state index contributed by atoms with van der Waals surface area (Å²) >= 11 is 1.59. The largest absolute Gasteiger partial charge is 0.490 e. The van der Waals surface area contributed by atoms with Crippen LogP contribution in [0.2, 0.25) is 0 Å². The van der Waals surface area contributed by atoms with Crippen LogP contribution in [-0.4, -0.2) is 13.2 Å². The molecule has 0 amide bonds. The number of ether oxygens (including phenoxy) is 2. The highest BCUT2D eigenvalue weighted by molar-refractivity contribution is 7.98. The lowest BCUT2D eigenvalue weighted by Gasteiger charge is -2.09. The molecule has 0 saturated heterocycles. The molecule has 2 nitrogen and oxygen atoms in total. The van der Waals surface area contributed by atoms with Crippen molar-refractivity contribution in [1.82, 2.24) is 0 Å². The van der Waals surface area contributed by atoms with Crippen molar-refractivity contribution in [2.75, 3.05) is 13.2 Å². The summed E-state index contributed by atoms with van der Waals surface area (Å²) in [5, 5.41) is 0. The molecule has 0 atom stereocenters. The maximum Gasteiger partial charge on any atom is 0.162 e. The van der Waals surface area contributed by atoms with E-state index in [4.69, 9.17) is 9.47 Å². The normalized spacial score (nSPS) is 13.8. The Morgan fingerprint density at radius 1 is 1.00 bits per heavy atom. The summed E-state index contributed by atoms with van der Waals surface area (Å²) in [6, 6.07) is 12.7. The number of halogens is 1. The minimum absolute atomic E-state index is 0.158. The second-order valence-corrected chi connectivity index (χ2v) is 5.59. The van der Waals surface area contributed by atoms with Crippen LogP contribution in [0.3, 0.4) is 0 Å². The van der Waals surface area contributed by atoms with Crippen LogP contribution in [0.25, 0.3) is 0 Å². The molecule has 0 unspecified atom stereocenters. The second kappa shape index (κ2) is 6.18. The predicted molar refractivity (Wildman–Crippen MR) is 78.0 cm³/mol. The molecular weight excluding hydrogens is 275 g/mol. The molecule has 2 aromatic rings. The van der Waals surface area contributed by atoms with Crippen LogP contribution >= 0.6 is 11.8 Å². The number of hydrogen-bond acceptors (Lipinski definition) is 3. The molecule has 20 heavy (non-hydrogen) atoms. The number of fused-ring (bicyclic) bond motifs is 1. The summed E-state index contributed by atoms with van der Waals surface area (Å²) in [4.78, 5) is 1.05. The lowest BCUT2D eigenvalue weighted by Crippen LogP contribution is -1.97. The standard InChI is InChI=1S/C16H15FO2S/c17-14-5-2-1-4-12(14)11-20-13-6-7-15-16(10-13)19-9-3-8-18-15/h1-2,4-7,10H,3,8-9,11H2. The van der Waals surface area contributed by atoms with Crippen molar-refractivity contribution in [3.05, 3.63) is 53.8 Å². The molecule has 4 heteroatoms. The molecule has 1 aliphatic rings. The molecule has 1 aliphatic heterocycles. The highest BCUT2D eigenvalue weighted by Crippen LogP contribution is 2.35. The smallest absolute Gasteiger partial charge is 0.162 e. The summed E-state index contributed by atoms with van der Waals surface area (Å²) < 4.78 is 24.8. The number of rotatable bonds is 3. The summed E-state index contributed by atoms with van der Waals surface area (Å²) in [6.07, 6.45) is 0.895. The monoisotopic (exact) mass is 290 g/mol. The van der Waals surface area contributed by atoms with Crippen molar-refractivity contribution in [3.63, 3.8) is 0 Å². The van der Waals surface area contributed by atoms with E-state index in [1.807, 2.05) is 30.3 Å². The highest BCUT2D eigenvalue weighted by Gasteiger charge is 2.11. The van der Waals surface area contributed by atoms with Gasteiger partial charge in [-0.15, -0.1) is 11.8 Å². The van der Waals surface area contributed by atoms with Gasteiger partial charge in [-0.3, -0.25) is 0 Å². The zero-order valence-corrected chi connectivity index (χ0v) is 11.8. The third kappa shape index (κ3) is 3.07. The molecular formula is C16H15FO2S. The van der Waals surface area contributed by atoms with Gasteiger partial charge in [-0.05, 0) is 29.8 Å². The zero-order valence-electron chi connectivity index (χ0n) is 11.0. The van der Waals surface area contributed by atoms with Gasteiger partial charge in [0, 0.05) is 17.1 Å². The summed E-state index contributed by atoms with van der Waals surface area (Å²) in [6.45, 7) is 1.36. The van der Waals surface area contributed by atoms with Crippen molar-refractivity contribution in [2.24, 2.45) is 0 Å². The van der Waals surface area contributed by atoms with E-state index < -0.39 is 0 Å². The number of hydrogen-bond donors (Lipinski definition) is 0. The lowest BCUT2D eigenvalue weighted by atomic mass is 10.2. The van der Waals surface area contributed by atoms with Crippen molar-refractivity contribution in [3.8, 4) is 11.5 Å². The van der Waals surface area contributed by atoms with E-state index in [9.17, 15) is 4.39 Å². The molecule has 0 fully saturated rings. The predicted octanol–water partition coefficient (Wildman–Crippen LogP) is 4.28. The quantitative estimate of drug-likeness (QED) is 0.786. The van der Waals surface area contributed by atoms with Gasteiger partial charge in [0.05, 0.1) is 13.2 Å². The molecule has 0 N–H and O–H groups in total. The molecule has 1 heterocycles. The number of thioether (sulfide) groups is 1. The molecule has 0 saturated carbocycles. The van der Waals surface area contributed by atoms with Crippen LogP contribution in [0.5, 0.6) is 11.5 Å². The summed E-state index contributed by atoms with van der Waals surface area (Å²) in [5.41, 5.74) is 0.713. The Bertz CT molecular complexity index is 601. The van der Waals surface area contributed by atoms with Crippen molar-refractivity contribution >= 4 is 11.8 Å². The summed E-state index contributed by atoms with van der Waals surface area (Å²) in [5.74, 6) is 2.01. The van der Waals surface area contributed by atoms with Gasteiger partial charge in [-0.25, -0.2) is 4.39 Å². The molecule has 104 valence electrons. The van der Waals surface area contributed by atoms with Gasteiger partial charge in [0.15, 0.2) is 11.5 Å². The van der Waals surface area contributed by atoms with Gasteiger partial charge in [0.2, 0.25) is 0 Å². The molecule has 0 bridgehead atoms. The van der Waals surface area contributed by atoms with Crippen molar-refractivity contribution in [1.29, 1.82) is 0 Å². The van der Waals surface area contributed by atoms with Crippen LogP contribution in [0.15, 0.2) is 47.4 Å². The zero-order chi connectivity index (χ0) is 13.8. The Hall–Kier alpha value is -1.68. The first-order chi connectivity index (χ1) is 9.83. The van der Waals surface area contributed by atoms with Gasteiger partial charge < -0.3 is 9.47 Å². The van der Waals surface area contributed by atoms with E-state index in [1.54, 1.807) is 17.8 Å².